The highest BCUT2D eigenvalue weighted by molar-refractivity contribution is 6.31. The second-order valence-electron chi connectivity index (χ2n) is 4.96. The number of carbonyl (C=O) groups excluding carboxylic acids is 1. The molecular formula is C13H15ClN2O5. The van der Waals surface area contributed by atoms with Crippen LogP contribution >= 0.6 is 11.6 Å². The molecule has 0 atom stereocenters. The Morgan fingerprint density at radius 3 is 2.67 bits per heavy atom. The normalized spacial score (nSPS) is 17.2. The summed E-state index contributed by atoms with van der Waals surface area (Å²) in [6.07, 6.45) is 0.968. The molecule has 0 spiro atoms. The summed E-state index contributed by atoms with van der Waals surface area (Å²) in [4.78, 5) is 22.4. The third-order valence-corrected chi connectivity index (χ3v) is 3.71. The zero-order valence-corrected chi connectivity index (χ0v) is 11.9. The van der Waals surface area contributed by atoms with E-state index in [0.29, 0.717) is 26.1 Å². The molecule has 1 heterocycles. The van der Waals surface area contributed by atoms with Gasteiger partial charge in [0.2, 0.25) is 0 Å². The molecule has 114 valence electrons. The quantitative estimate of drug-likeness (QED) is 0.648. The summed E-state index contributed by atoms with van der Waals surface area (Å²) in [7, 11) is 0. The van der Waals surface area contributed by atoms with Crippen LogP contribution in [-0.2, 0) is 4.74 Å². The first-order valence-electron chi connectivity index (χ1n) is 6.42. The van der Waals surface area contributed by atoms with Gasteiger partial charge in [0.15, 0.2) is 0 Å². The first kappa shape index (κ1) is 15.7. The Balaban J connectivity index is 2.21. The van der Waals surface area contributed by atoms with Crippen LogP contribution in [0.1, 0.15) is 23.2 Å². The largest absolute Gasteiger partial charge is 0.394 e. The molecule has 21 heavy (non-hydrogen) atoms. The van der Waals surface area contributed by atoms with E-state index < -0.39 is 16.4 Å². The molecule has 1 fully saturated rings. The molecule has 1 saturated heterocycles. The fraction of sp³-hybridized carbons (Fsp3) is 0.462. The summed E-state index contributed by atoms with van der Waals surface area (Å²) in [6, 6.07) is 3.69. The van der Waals surface area contributed by atoms with Gasteiger partial charge in [-0.1, -0.05) is 11.6 Å². The fourth-order valence-corrected chi connectivity index (χ4v) is 2.44. The number of carbonyl (C=O) groups is 1. The van der Waals surface area contributed by atoms with Crippen LogP contribution in [0.25, 0.3) is 0 Å². The highest BCUT2D eigenvalue weighted by Crippen LogP contribution is 2.24. The molecule has 1 aromatic rings. The summed E-state index contributed by atoms with van der Waals surface area (Å²) >= 11 is 5.80. The van der Waals surface area contributed by atoms with Crippen molar-refractivity contribution in [2.45, 2.75) is 18.4 Å². The Hall–Kier alpha value is -1.70. The van der Waals surface area contributed by atoms with Crippen LogP contribution in [0.15, 0.2) is 18.2 Å². The van der Waals surface area contributed by atoms with Crippen LogP contribution in [-0.4, -0.2) is 41.3 Å². The maximum absolute atomic E-state index is 12.3. The van der Waals surface area contributed by atoms with Crippen molar-refractivity contribution in [3.63, 3.8) is 0 Å². The molecule has 0 unspecified atom stereocenters. The molecule has 7 nitrogen and oxygen atoms in total. The van der Waals surface area contributed by atoms with Crippen molar-refractivity contribution < 1.29 is 19.6 Å². The van der Waals surface area contributed by atoms with Gasteiger partial charge >= 0.3 is 0 Å². The van der Waals surface area contributed by atoms with Crippen molar-refractivity contribution in [1.29, 1.82) is 0 Å². The topological polar surface area (TPSA) is 102 Å². The zero-order chi connectivity index (χ0) is 15.5. The summed E-state index contributed by atoms with van der Waals surface area (Å²) in [5.41, 5.74) is -0.918. The first-order valence-corrected chi connectivity index (χ1v) is 6.80. The van der Waals surface area contributed by atoms with E-state index >= 15 is 0 Å². The van der Waals surface area contributed by atoms with Gasteiger partial charge in [0.25, 0.3) is 11.6 Å². The van der Waals surface area contributed by atoms with Crippen molar-refractivity contribution in [3.05, 3.63) is 38.9 Å². The van der Waals surface area contributed by atoms with E-state index in [0.717, 1.165) is 6.07 Å². The Kier molecular flexibility index (Phi) is 4.76. The van der Waals surface area contributed by atoms with Gasteiger partial charge in [-0.25, -0.2) is 0 Å². The Bertz CT molecular complexity index is 557. The molecule has 1 aromatic carbocycles. The van der Waals surface area contributed by atoms with E-state index in [2.05, 4.69) is 5.32 Å². The van der Waals surface area contributed by atoms with Crippen LogP contribution in [0.5, 0.6) is 0 Å². The van der Waals surface area contributed by atoms with Gasteiger partial charge in [-0.05, 0) is 18.9 Å². The highest BCUT2D eigenvalue weighted by Gasteiger charge is 2.34. The van der Waals surface area contributed by atoms with Gasteiger partial charge in [0.05, 0.1) is 17.1 Å². The van der Waals surface area contributed by atoms with Gasteiger partial charge < -0.3 is 15.2 Å². The SMILES string of the molecule is O=C(NC1(CO)CCOCC1)c1cc(Cl)cc([N+](=O)[O-])c1. The number of nitro groups is 1. The Morgan fingerprint density at radius 1 is 1.43 bits per heavy atom. The molecule has 1 aliphatic heterocycles. The highest BCUT2D eigenvalue weighted by atomic mass is 35.5. The molecule has 0 aliphatic carbocycles. The first-order chi connectivity index (χ1) is 9.96. The van der Waals surface area contributed by atoms with Crippen LogP contribution in [0.3, 0.4) is 0 Å². The molecule has 0 radical (unpaired) electrons. The molecule has 1 aliphatic rings. The number of aliphatic hydroxyl groups is 1. The van der Waals surface area contributed by atoms with Gasteiger partial charge in [-0.15, -0.1) is 0 Å². The van der Waals surface area contributed by atoms with Gasteiger partial charge in [-0.3, -0.25) is 14.9 Å². The number of halogens is 1. The van der Waals surface area contributed by atoms with Crippen molar-refractivity contribution in [1.82, 2.24) is 5.32 Å². The number of nitrogens with one attached hydrogen (secondary N) is 1. The van der Waals surface area contributed by atoms with Gasteiger partial charge in [-0.2, -0.15) is 0 Å². The van der Waals surface area contributed by atoms with Gasteiger partial charge in [0, 0.05) is 35.9 Å². The zero-order valence-electron chi connectivity index (χ0n) is 11.2. The minimum Gasteiger partial charge on any atom is -0.394 e. The van der Waals surface area contributed by atoms with Crippen LogP contribution in [0.2, 0.25) is 5.02 Å². The Morgan fingerprint density at radius 2 is 2.10 bits per heavy atom. The van der Waals surface area contributed by atoms with E-state index in [-0.39, 0.29) is 22.9 Å². The molecule has 8 heteroatoms. The summed E-state index contributed by atoms with van der Waals surface area (Å²) in [5.74, 6) is -0.503. The number of nitrogens with zero attached hydrogens (tertiary/aromatic N) is 1. The molecule has 2 N–H and O–H groups in total. The third-order valence-electron chi connectivity index (χ3n) is 3.49. The average Bonchev–Trinajstić information content (AvgIpc) is 2.47. The number of aliphatic hydroxyl groups excluding tert-OH is 1. The summed E-state index contributed by atoms with van der Waals surface area (Å²) in [6.45, 7) is 0.665. The summed E-state index contributed by atoms with van der Waals surface area (Å²) in [5, 5.41) is 23.2. The molecular weight excluding hydrogens is 300 g/mol. The average molecular weight is 315 g/mol. The Labute approximate surface area is 126 Å². The lowest BCUT2D eigenvalue weighted by Crippen LogP contribution is -2.54. The predicted molar refractivity (Wildman–Crippen MR) is 75.4 cm³/mol. The smallest absolute Gasteiger partial charge is 0.271 e. The van der Waals surface area contributed by atoms with Crippen LogP contribution in [0, 0.1) is 10.1 Å². The second kappa shape index (κ2) is 6.38. The minimum atomic E-state index is -0.758. The third kappa shape index (κ3) is 3.69. The van der Waals surface area contributed by atoms with Crippen molar-refractivity contribution >= 4 is 23.2 Å². The molecule has 0 bridgehead atoms. The lowest BCUT2D eigenvalue weighted by atomic mass is 9.90. The monoisotopic (exact) mass is 314 g/mol. The van der Waals surface area contributed by atoms with E-state index in [1.54, 1.807) is 0 Å². The lowest BCUT2D eigenvalue weighted by molar-refractivity contribution is -0.384. The molecule has 1 amide bonds. The maximum atomic E-state index is 12.3. The van der Waals surface area contributed by atoms with E-state index in [9.17, 15) is 20.0 Å². The van der Waals surface area contributed by atoms with Crippen molar-refractivity contribution in [3.8, 4) is 0 Å². The number of hydrogen-bond acceptors (Lipinski definition) is 5. The fourth-order valence-electron chi connectivity index (χ4n) is 2.21. The second-order valence-corrected chi connectivity index (χ2v) is 5.40. The number of benzene rings is 1. The van der Waals surface area contributed by atoms with Crippen LogP contribution in [0.4, 0.5) is 5.69 Å². The standard InChI is InChI=1S/C13H15ClN2O5/c14-10-5-9(6-11(7-10)16(19)20)12(18)15-13(8-17)1-3-21-4-2-13/h5-7,17H,1-4,8H2,(H,15,18). The summed E-state index contributed by atoms with van der Waals surface area (Å²) < 4.78 is 5.21. The van der Waals surface area contributed by atoms with Crippen molar-refractivity contribution in [2.24, 2.45) is 0 Å². The van der Waals surface area contributed by atoms with E-state index in [1.165, 1.54) is 12.1 Å². The number of amides is 1. The number of nitro benzene ring substituents is 1. The minimum absolute atomic E-state index is 0.0912. The number of non-ortho nitro benzene ring substituents is 1. The lowest BCUT2D eigenvalue weighted by Gasteiger charge is -2.36. The number of rotatable bonds is 4. The molecule has 0 saturated carbocycles. The number of hydrogen-bond donors (Lipinski definition) is 2. The molecule has 0 aromatic heterocycles. The van der Waals surface area contributed by atoms with E-state index in [4.69, 9.17) is 16.3 Å². The van der Waals surface area contributed by atoms with Crippen molar-refractivity contribution in [2.75, 3.05) is 19.8 Å². The molecule has 2 rings (SSSR count). The van der Waals surface area contributed by atoms with Crippen LogP contribution < -0.4 is 5.32 Å². The maximum Gasteiger partial charge on any atom is 0.271 e. The van der Waals surface area contributed by atoms with E-state index in [1.807, 2.05) is 0 Å². The number of ether oxygens (including phenoxy) is 1. The predicted octanol–water partition coefficient (Wildman–Crippen LogP) is 1.52. The van der Waals surface area contributed by atoms with Gasteiger partial charge in [0.1, 0.15) is 0 Å².